The highest BCUT2D eigenvalue weighted by molar-refractivity contribution is 6.16. The molecule has 0 amide bonds. The Morgan fingerprint density at radius 2 is 0.602 bits per heavy atom. The fraction of sp³-hybridized carbons (Fsp3) is 0.0471. The van der Waals surface area contributed by atoms with Crippen molar-refractivity contribution in [1.29, 1.82) is 0 Å². The van der Waals surface area contributed by atoms with Crippen molar-refractivity contribution in [2.24, 2.45) is 0 Å². The van der Waals surface area contributed by atoms with Gasteiger partial charge in [-0.1, -0.05) is 273 Å². The molecule has 0 aromatic heterocycles. The van der Waals surface area contributed by atoms with Crippen LogP contribution in [0.1, 0.15) is 120 Å². The summed E-state index contributed by atoms with van der Waals surface area (Å²) >= 11 is 0. The molecule has 0 aliphatic heterocycles. The quantitative estimate of drug-likeness (QED) is 0.143. The second kappa shape index (κ2) is 18.7. The Labute approximate surface area is 510 Å². The van der Waals surface area contributed by atoms with Crippen LogP contribution < -0.4 is 0 Å². The molecule has 3 heteroatoms. The highest BCUT2D eigenvalue weighted by Crippen LogP contribution is 2.75. The van der Waals surface area contributed by atoms with Crippen molar-refractivity contribution in [3.63, 3.8) is 0 Å². The lowest BCUT2D eigenvalue weighted by atomic mass is 9.64. The van der Waals surface area contributed by atoms with E-state index in [0.29, 0.717) is 33.4 Å². The van der Waals surface area contributed by atoms with Crippen LogP contribution in [0.4, 0.5) is 0 Å². The zero-order chi connectivity index (χ0) is 58.6. The normalized spacial score (nSPS) is 14.6. The van der Waals surface area contributed by atoms with Gasteiger partial charge < -0.3 is 0 Å². The summed E-state index contributed by atoms with van der Waals surface area (Å²) in [5.41, 5.74) is 28.6. The number of aryl methyl sites for hydroxylation is 1. The third-order valence-electron chi connectivity index (χ3n) is 20.1. The number of benzene rings is 13. The molecule has 410 valence electrons. The first-order valence-electron chi connectivity index (χ1n) is 30.4. The lowest BCUT2D eigenvalue weighted by molar-refractivity contribution is 0.103. The van der Waals surface area contributed by atoms with Crippen LogP contribution in [0.2, 0.25) is 0 Å². The Morgan fingerprint density at radius 1 is 0.261 bits per heavy atom. The van der Waals surface area contributed by atoms with E-state index in [-0.39, 0.29) is 17.3 Å². The number of rotatable bonds is 8. The molecule has 13 aromatic carbocycles. The molecule has 88 heavy (non-hydrogen) atoms. The van der Waals surface area contributed by atoms with Gasteiger partial charge in [0.1, 0.15) is 0 Å². The second-order valence-electron chi connectivity index (χ2n) is 24.2. The molecule has 0 radical (unpaired) electrons. The molecule has 5 aliphatic rings. The van der Waals surface area contributed by atoms with Gasteiger partial charge in [-0.25, -0.2) is 0 Å². The third-order valence-corrected chi connectivity index (χ3v) is 20.1. The van der Waals surface area contributed by atoms with Gasteiger partial charge in [-0.05, 0) is 159 Å². The lowest BCUT2D eigenvalue weighted by Gasteiger charge is -2.36. The molecule has 0 bridgehead atoms. The van der Waals surface area contributed by atoms with Crippen LogP contribution in [-0.4, -0.2) is 17.3 Å². The highest BCUT2D eigenvalue weighted by atomic mass is 16.1. The first-order chi connectivity index (χ1) is 43.4. The van der Waals surface area contributed by atoms with Gasteiger partial charge in [0.15, 0.2) is 17.3 Å². The Morgan fingerprint density at radius 3 is 1.05 bits per heavy atom. The molecule has 3 nitrogen and oxygen atoms in total. The van der Waals surface area contributed by atoms with Crippen molar-refractivity contribution in [3.8, 4) is 66.8 Å². The standard InChI is InChI=1S/C85H52O3/c1-50-23-11-12-30-57(50)58-31-13-14-36-63(58)74-67-47-54(81(86)51-24-5-2-6-25-51)41-44-64(67)75-78(74)76-65-45-42-55(82(87)52-26-7-3-8-27-52)48-72(65)84(68-37-19-15-32-59(68)60-33-16-20-38-69(60)84)80(76)77-66-46-43-56(83(88)53-28-9-4-10-29-53)49-73(66)85(79(75)77)70-39-21-17-34-61(70)62-35-18-22-40-71(62)85/h2-49,74H,1H3. The van der Waals surface area contributed by atoms with E-state index in [1.54, 1.807) is 0 Å². The van der Waals surface area contributed by atoms with Crippen LogP contribution in [0.25, 0.3) is 66.8 Å². The Hall–Kier alpha value is -11.1. The molecule has 0 N–H and O–H groups in total. The number of hydrogen-bond donors (Lipinski definition) is 0. The van der Waals surface area contributed by atoms with Gasteiger partial charge in [-0.15, -0.1) is 0 Å². The first kappa shape index (κ1) is 50.2. The van der Waals surface area contributed by atoms with E-state index in [1.165, 1.54) is 0 Å². The summed E-state index contributed by atoms with van der Waals surface area (Å²) in [7, 11) is 0. The molecular formula is C85H52O3. The number of fused-ring (bicyclic) bond motifs is 26. The van der Waals surface area contributed by atoms with E-state index in [4.69, 9.17) is 0 Å². The average molecular weight is 1120 g/mol. The van der Waals surface area contributed by atoms with Crippen molar-refractivity contribution < 1.29 is 14.4 Å². The maximum Gasteiger partial charge on any atom is 0.193 e. The van der Waals surface area contributed by atoms with E-state index in [1.807, 2.05) is 91.0 Å². The zero-order valence-electron chi connectivity index (χ0n) is 48.0. The van der Waals surface area contributed by atoms with E-state index in [2.05, 4.69) is 207 Å². The first-order valence-corrected chi connectivity index (χ1v) is 30.4. The molecule has 13 aromatic rings. The lowest BCUT2D eigenvalue weighted by Crippen LogP contribution is -2.29. The van der Waals surface area contributed by atoms with Crippen LogP contribution in [-0.2, 0) is 10.8 Å². The van der Waals surface area contributed by atoms with Crippen molar-refractivity contribution in [3.05, 3.63) is 391 Å². The van der Waals surface area contributed by atoms with Gasteiger partial charge in [0.05, 0.1) is 10.8 Å². The van der Waals surface area contributed by atoms with Gasteiger partial charge in [0.25, 0.3) is 0 Å². The van der Waals surface area contributed by atoms with Gasteiger partial charge >= 0.3 is 0 Å². The van der Waals surface area contributed by atoms with Crippen LogP contribution in [0, 0.1) is 6.92 Å². The van der Waals surface area contributed by atoms with Crippen molar-refractivity contribution in [1.82, 2.24) is 0 Å². The summed E-state index contributed by atoms with van der Waals surface area (Å²) in [6.07, 6.45) is 0. The number of carbonyl (C=O) groups is 3. The third kappa shape index (κ3) is 6.54. The van der Waals surface area contributed by atoms with Crippen molar-refractivity contribution >= 4 is 17.3 Å². The maximum atomic E-state index is 15.3. The van der Waals surface area contributed by atoms with E-state index < -0.39 is 16.7 Å². The largest absolute Gasteiger partial charge is 0.289 e. The molecule has 0 fully saturated rings. The predicted molar refractivity (Wildman–Crippen MR) is 352 cm³/mol. The smallest absolute Gasteiger partial charge is 0.193 e. The van der Waals surface area contributed by atoms with E-state index in [9.17, 15) is 0 Å². The zero-order valence-corrected chi connectivity index (χ0v) is 48.0. The number of carbonyl (C=O) groups excluding carboxylic acids is 3. The SMILES string of the molecule is Cc1ccccc1-c1ccccc1C1c2cc(C(=O)c3ccccc3)ccc2-c2c1c1c(c3c2C2(c4ccccc4-c4ccccc42)c2cc(C(=O)c4ccccc4)ccc2-3)C2(c3ccccc3-c3ccccc32)c2cc(C(=O)c3ccccc3)ccc2-1. The topological polar surface area (TPSA) is 51.2 Å². The average Bonchev–Trinajstić information content (AvgIpc) is 1.47. The monoisotopic (exact) mass is 1120 g/mol. The second-order valence-corrected chi connectivity index (χ2v) is 24.2. The number of hydrogen-bond acceptors (Lipinski definition) is 3. The summed E-state index contributed by atoms with van der Waals surface area (Å²) in [6, 6.07) is 102. The minimum absolute atomic E-state index is 0.0435. The fourth-order valence-corrected chi connectivity index (χ4v) is 16.7. The van der Waals surface area contributed by atoms with Crippen LogP contribution in [0.3, 0.4) is 0 Å². The van der Waals surface area contributed by atoms with E-state index in [0.717, 1.165) is 134 Å². The molecule has 1 unspecified atom stereocenters. The molecule has 2 spiro atoms. The molecule has 5 aliphatic carbocycles. The van der Waals surface area contributed by atoms with Gasteiger partial charge in [0.2, 0.25) is 0 Å². The summed E-state index contributed by atoms with van der Waals surface area (Å²) in [5.74, 6) is -0.557. The van der Waals surface area contributed by atoms with Crippen molar-refractivity contribution in [2.45, 2.75) is 23.7 Å². The molecular weight excluding hydrogens is 1070 g/mol. The van der Waals surface area contributed by atoms with Crippen LogP contribution >= 0.6 is 0 Å². The fourth-order valence-electron chi connectivity index (χ4n) is 16.7. The van der Waals surface area contributed by atoms with Gasteiger partial charge in [-0.2, -0.15) is 0 Å². The summed E-state index contributed by atoms with van der Waals surface area (Å²) in [6.45, 7) is 2.19. The van der Waals surface area contributed by atoms with E-state index >= 15 is 14.4 Å². The molecule has 0 saturated carbocycles. The van der Waals surface area contributed by atoms with Crippen molar-refractivity contribution in [2.75, 3.05) is 0 Å². The summed E-state index contributed by atoms with van der Waals surface area (Å²) in [5, 5.41) is 0. The van der Waals surface area contributed by atoms with Gasteiger partial charge in [0, 0.05) is 39.3 Å². The Bertz CT molecular complexity index is 5010. The Balaban J connectivity index is 1.08. The molecule has 1 atom stereocenters. The molecule has 0 heterocycles. The van der Waals surface area contributed by atoms with Gasteiger partial charge in [-0.3, -0.25) is 14.4 Å². The van der Waals surface area contributed by atoms with Crippen LogP contribution in [0.5, 0.6) is 0 Å². The molecule has 0 saturated heterocycles. The minimum Gasteiger partial charge on any atom is -0.289 e. The minimum atomic E-state index is -0.980. The predicted octanol–water partition coefficient (Wildman–Crippen LogP) is 19.2. The Kier molecular flexibility index (Phi) is 10.7. The number of ketones is 3. The highest BCUT2D eigenvalue weighted by Gasteiger charge is 2.62. The van der Waals surface area contributed by atoms with Crippen LogP contribution in [0.15, 0.2) is 291 Å². The summed E-state index contributed by atoms with van der Waals surface area (Å²) in [4.78, 5) is 45.7. The maximum absolute atomic E-state index is 15.3. The molecule has 18 rings (SSSR count). The summed E-state index contributed by atoms with van der Waals surface area (Å²) < 4.78 is 0.